The van der Waals surface area contributed by atoms with Gasteiger partial charge in [-0.05, 0) is 55.2 Å². The van der Waals surface area contributed by atoms with Crippen LogP contribution in [0.5, 0.6) is 0 Å². The summed E-state index contributed by atoms with van der Waals surface area (Å²) in [4.78, 5) is 12.1. The summed E-state index contributed by atoms with van der Waals surface area (Å²) in [6.45, 7) is 1.89. The summed E-state index contributed by atoms with van der Waals surface area (Å²) >= 11 is 7.87. The fraction of sp³-hybridized carbons (Fsp3) is 0.227. The van der Waals surface area contributed by atoms with Crippen LogP contribution in [0.2, 0.25) is 5.02 Å². The second-order valence-corrected chi connectivity index (χ2v) is 8.61. The van der Waals surface area contributed by atoms with Gasteiger partial charge in [0.2, 0.25) is 0 Å². The third-order valence-corrected chi connectivity index (χ3v) is 6.47. The molecule has 0 saturated heterocycles. The van der Waals surface area contributed by atoms with Gasteiger partial charge >= 0.3 is 5.63 Å². The zero-order chi connectivity index (χ0) is 20.0. The molecule has 2 aromatic carbocycles. The number of benzene rings is 2. The number of aryl methyl sites for hydroxylation is 1. The molecule has 146 valence electrons. The molecule has 4 aromatic rings. The Kier molecular flexibility index (Phi) is 4.68. The van der Waals surface area contributed by atoms with Crippen molar-refractivity contribution in [2.45, 2.75) is 36.6 Å². The van der Waals surface area contributed by atoms with Gasteiger partial charge in [0, 0.05) is 33.8 Å². The Morgan fingerprint density at radius 1 is 1.17 bits per heavy atom. The van der Waals surface area contributed by atoms with Gasteiger partial charge in [0.05, 0.1) is 0 Å². The first-order valence-electron chi connectivity index (χ1n) is 9.46. The normalized spacial score (nSPS) is 13.9. The largest absolute Gasteiger partial charge is 0.423 e. The van der Waals surface area contributed by atoms with Crippen molar-refractivity contribution in [3.63, 3.8) is 0 Å². The zero-order valence-corrected chi connectivity index (χ0v) is 17.3. The summed E-state index contributed by atoms with van der Waals surface area (Å²) < 4.78 is 7.50. The molecule has 0 atom stereocenters. The number of aromatic nitrogens is 3. The topological polar surface area (TPSA) is 60.9 Å². The summed E-state index contributed by atoms with van der Waals surface area (Å²) in [5.41, 5.74) is 3.00. The minimum absolute atomic E-state index is 0.363. The number of halogens is 1. The SMILES string of the molecule is Cc1cc2oc(=O)cc(CSc3nnc(C4CC4)n3-c3ccccc3)c2cc1Cl. The van der Waals surface area contributed by atoms with E-state index < -0.39 is 0 Å². The van der Waals surface area contributed by atoms with Gasteiger partial charge in [-0.25, -0.2) is 4.79 Å². The minimum atomic E-state index is -0.363. The zero-order valence-electron chi connectivity index (χ0n) is 15.8. The van der Waals surface area contributed by atoms with Gasteiger partial charge in [0.1, 0.15) is 11.4 Å². The fourth-order valence-electron chi connectivity index (χ4n) is 3.41. The summed E-state index contributed by atoms with van der Waals surface area (Å²) in [6.07, 6.45) is 2.30. The molecule has 1 fully saturated rings. The second-order valence-electron chi connectivity index (χ2n) is 7.26. The van der Waals surface area contributed by atoms with Crippen LogP contribution in [0, 0.1) is 6.92 Å². The van der Waals surface area contributed by atoms with Crippen molar-refractivity contribution in [2.75, 3.05) is 0 Å². The Morgan fingerprint density at radius 3 is 2.72 bits per heavy atom. The molecule has 2 heterocycles. The van der Waals surface area contributed by atoms with E-state index in [0.717, 1.165) is 46.0 Å². The molecular weight excluding hydrogens is 406 g/mol. The van der Waals surface area contributed by atoms with E-state index in [0.29, 0.717) is 22.3 Å². The van der Waals surface area contributed by atoms with Crippen LogP contribution < -0.4 is 5.63 Å². The Morgan fingerprint density at radius 2 is 1.97 bits per heavy atom. The van der Waals surface area contributed by atoms with E-state index in [-0.39, 0.29) is 5.63 Å². The molecular formula is C22H18ClN3O2S. The van der Waals surface area contributed by atoms with Crippen molar-refractivity contribution < 1.29 is 4.42 Å². The monoisotopic (exact) mass is 423 g/mol. The van der Waals surface area contributed by atoms with E-state index in [4.69, 9.17) is 16.0 Å². The molecule has 0 unspecified atom stereocenters. The van der Waals surface area contributed by atoms with Crippen LogP contribution in [-0.2, 0) is 5.75 Å². The van der Waals surface area contributed by atoms with Crippen LogP contribution in [0.15, 0.2) is 62.9 Å². The Labute approximate surface area is 176 Å². The van der Waals surface area contributed by atoms with Crippen molar-refractivity contribution in [3.05, 3.63) is 80.9 Å². The van der Waals surface area contributed by atoms with E-state index in [1.54, 1.807) is 11.8 Å². The Balaban J connectivity index is 1.53. The van der Waals surface area contributed by atoms with Gasteiger partial charge in [0.25, 0.3) is 0 Å². The first kappa shape index (κ1) is 18.5. The molecule has 0 N–H and O–H groups in total. The Hall–Kier alpha value is -2.57. The first-order chi connectivity index (χ1) is 14.1. The number of hydrogen-bond acceptors (Lipinski definition) is 5. The third-order valence-electron chi connectivity index (χ3n) is 5.08. The lowest BCUT2D eigenvalue weighted by molar-refractivity contribution is 0.559. The summed E-state index contributed by atoms with van der Waals surface area (Å²) in [5.74, 6) is 2.05. The lowest BCUT2D eigenvalue weighted by Gasteiger charge is -2.10. The van der Waals surface area contributed by atoms with Crippen LogP contribution >= 0.6 is 23.4 Å². The van der Waals surface area contributed by atoms with Crippen molar-refractivity contribution in [3.8, 4) is 5.69 Å². The van der Waals surface area contributed by atoms with Gasteiger partial charge < -0.3 is 4.42 Å². The molecule has 5 rings (SSSR count). The number of thioether (sulfide) groups is 1. The van der Waals surface area contributed by atoms with Gasteiger partial charge in [0.15, 0.2) is 5.16 Å². The van der Waals surface area contributed by atoms with E-state index in [2.05, 4.69) is 26.9 Å². The molecule has 0 radical (unpaired) electrons. The summed E-state index contributed by atoms with van der Waals surface area (Å²) in [6, 6.07) is 15.4. The summed E-state index contributed by atoms with van der Waals surface area (Å²) in [7, 11) is 0. The number of para-hydroxylation sites is 1. The lowest BCUT2D eigenvalue weighted by atomic mass is 10.1. The molecule has 1 saturated carbocycles. The van der Waals surface area contributed by atoms with Crippen LogP contribution in [0.4, 0.5) is 0 Å². The van der Waals surface area contributed by atoms with E-state index in [1.807, 2.05) is 37.3 Å². The second kappa shape index (κ2) is 7.35. The highest BCUT2D eigenvalue weighted by Crippen LogP contribution is 2.41. The van der Waals surface area contributed by atoms with Crippen LogP contribution in [0.3, 0.4) is 0 Å². The molecule has 7 heteroatoms. The molecule has 0 bridgehead atoms. The molecule has 0 aliphatic heterocycles. The average Bonchev–Trinajstić information content (AvgIpc) is 3.47. The molecule has 29 heavy (non-hydrogen) atoms. The Bertz CT molecular complexity index is 1260. The molecule has 0 spiro atoms. The predicted octanol–water partition coefficient (Wildman–Crippen LogP) is 5.51. The first-order valence-corrected chi connectivity index (χ1v) is 10.8. The third kappa shape index (κ3) is 3.58. The van der Waals surface area contributed by atoms with E-state index in [9.17, 15) is 4.79 Å². The maximum Gasteiger partial charge on any atom is 0.336 e. The van der Waals surface area contributed by atoms with Crippen molar-refractivity contribution in [1.29, 1.82) is 0 Å². The highest BCUT2D eigenvalue weighted by atomic mass is 35.5. The molecule has 0 amide bonds. The van der Waals surface area contributed by atoms with Crippen molar-refractivity contribution >= 4 is 34.3 Å². The standard InChI is InChI=1S/C22H18ClN3O2S/c1-13-9-19-17(11-18(13)23)15(10-20(27)28-19)12-29-22-25-24-21(14-7-8-14)26(22)16-5-3-2-4-6-16/h2-6,9-11,14H,7-8,12H2,1H3. The van der Waals surface area contributed by atoms with Crippen LogP contribution in [0.25, 0.3) is 16.7 Å². The molecule has 5 nitrogen and oxygen atoms in total. The average molecular weight is 424 g/mol. The maximum atomic E-state index is 12.1. The van der Waals surface area contributed by atoms with Crippen LogP contribution in [0.1, 0.15) is 35.7 Å². The molecule has 1 aliphatic rings. The van der Waals surface area contributed by atoms with E-state index >= 15 is 0 Å². The lowest BCUT2D eigenvalue weighted by Crippen LogP contribution is -2.03. The highest BCUT2D eigenvalue weighted by molar-refractivity contribution is 7.98. The minimum Gasteiger partial charge on any atom is -0.423 e. The number of hydrogen-bond donors (Lipinski definition) is 0. The number of rotatable bonds is 5. The van der Waals surface area contributed by atoms with Gasteiger partial charge in [-0.2, -0.15) is 0 Å². The van der Waals surface area contributed by atoms with E-state index in [1.165, 1.54) is 6.07 Å². The molecule has 1 aliphatic carbocycles. The van der Waals surface area contributed by atoms with Crippen LogP contribution in [-0.4, -0.2) is 14.8 Å². The number of nitrogens with zero attached hydrogens (tertiary/aromatic N) is 3. The highest BCUT2D eigenvalue weighted by Gasteiger charge is 2.31. The van der Waals surface area contributed by atoms with Gasteiger partial charge in [-0.3, -0.25) is 4.57 Å². The fourth-order valence-corrected chi connectivity index (χ4v) is 4.52. The van der Waals surface area contributed by atoms with Gasteiger partial charge in [-0.15, -0.1) is 10.2 Å². The quantitative estimate of drug-likeness (QED) is 0.313. The number of fused-ring (bicyclic) bond motifs is 1. The maximum absolute atomic E-state index is 12.1. The van der Waals surface area contributed by atoms with Crippen molar-refractivity contribution in [1.82, 2.24) is 14.8 Å². The summed E-state index contributed by atoms with van der Waals surface area (Å²) in [5, 5.41) is 11.2. The predicted molar refractivity (Wildman–Crippen MR) is 115 cm³/mol. The van der Waals surface area contributed by atoms with Gasteiger partial charge in [-0.1, -0.05) is 41.6 Å². The molecule has 2 aromatic heterocycles. The van der Waals surface area contributed by atoms with Crippen molar-refractivity contribution in [2.24, 2.45) is 0 Å². The smallest absolute Gasteiger partial charge is 0.336 e.